The van der Waals surface area contributed by atoms with E-state index in [-0.39, 0.29) is 5.57 Å². The fourth-order valence-electron chi connectivity index (χ4n) is 2.92. The summed E-state index contributed by atoms with van der Waals surface area (Å²) in [6.45, 7) is 4.33. The molecule has 0 unspecified atom stereocenters. The second-order valence-electron chi connectivity index (χ2n) is 7.04. The molecule has 1 amide bonds. The first-order chi connectivity index (χ1) is 14.9. The van der Waals surface area contributed by atoms with Crippen molar-refractivity contribution in [3.63, 3.8) is 0 Å². The summed E-state index contributed by atoms with van der Waals surface area (Å²) < 4.78 is 7.80. The molecular weight excluding hydrogens is 520 g/mol. The van der Waals surface area contributed by atoms with Crippen LogP contribution in [0.1, 0.15) is 22.3 Å². The summed E-state index contributed by atoms with van der Waals surface area (Å²) in [6.07, 6.45) is 1.56. The minimum Gasteiger partial charge on any atom is -0.489 e. The lowest BCUT2D eigenvalue weighted by atomic mass is 10.1. The van der Waals surface area contributed by atoms with Crippen LogP contribution >= 0.6 is 31.9 Å². The molecule has 0 atom stereocenters. The van der Waals surface area contributed by atoms with E-state index in [0.29, 0.717) is 18.0 Å². The van der Waals surface area contributed by atoms with Gasteiger partial charge in [-0.3, -0.25) is 4.79 Å². The van der Waals surface area contributed by atoms with Crippen molar-refractivity contribution in [2.45, 2.75) is 20.5 Å². The first-order valence-electron chi connectivity index (χ1n) is 9.53. The normalized spacial score (nSPS) is 11.0. The van der Waals surface area contributed by atoms with Gasteiger partial charge in [0.2, 0.25) is 0 Å². The van der Waals surface area contributed by atoms with E-state index in [2.05, 4.69) is 37.2 Å². The molecule has 0 bridgehead atoms. The zero-order chi connectivity index (χ0) is 22.4. The molecule has 3 aromatic carbocycles. The van der Waals surface area contributed by atoms with Crippen molar-refractivity contribution in [2.24, 2.45) is 0 Å². The van der Waals surface area contributed by atoms with Gasteiger partial charge in [0, 0.05) is 20.2 Å². The number of ether oxygens (including phenoxy) is 1. The van der Waals surface area contributed by atoms with Crippen LogP contribution in [0.4, 0.5) is 5.69 Å². The van der Waals surface area contributed by atoms with E-state index in [9.17, 15) is 10.1 Å². The number of nitrogens with zero attached hydrogens (tertiary/aromatic N) is 1. The molecule has 1 N–H and O–H groups in total. The smallest absolute Gasteiger partial charge is 0.266 e. The Hall–Kier alpha value is -2.88. The second-order valence-corrected chi connectivity index (χ2v) is 8.81. The van der Waals surface area contributed by atoms with Crippen LogP contribution in [0.3, 0.4) is 0 Å². The van der Waals surface area contributed by atoms with E-state index >= 15 is 0 Å². The van der Waals surface area contributed by atoms with Crippen LogP contribution in [0.5, 0.6) is 5.75 Å². The molecule has 0 saturated heterocycles. The van der Waals surface area contributed by atoms with Gasteiger partial charge in [-0.15, -0.1) is 0 Å². The Morgan fingerprint density at radius 1 is 1.06 bits per heavy atom. The van der Waals surface area contributed by atoms with Crippen molar-refractivity contribution in [1.29, 1.82) is 5.26 Å². The molecule has 0 aliphatic rings. The van der Waals surface area contributed by atoms with E-state index in [1.54, 1.807) is 6.08 Å². The standard InChI is InChI=1S/C25H20Br2N2O2/c1-16-3-10-24(17(2)11-16)29-25(30)20(14-28)12-18-4-8-22(9-5-18)31-15-19-6-7-21(26)13-23(19)27/h3-13H,15H2,1-2H3,(H,29,30)/b20-12-. The molecule has 0 heterocycles. The maximum absolute atomic E-state index is 12.5. The number of halogens is 2. The van der Waals surface area contributed by atoms with Gasteiger partial charge in [0.15, 0.2) is 0 Å². The Labute approximate surface area is 198 Å². The molecule has 31 heavy (non-hydrogen) atoms. The molecular formula is C25H20Br2N2O2. The number of hydrogen-bond donors (Lipinski definition) is 1. The van der Waals surface area contributed by atoms with Crippen molar-refractivity contribution in [3.05, 3.63) is 97.4 Å². The van der Waals surface area contributed by atoms with Crippen molar-refractivity contribution in [3.8, 4) is 11.8 Å². The first-order valence-corrected chi connectivity index (χ1v) is 11.1. The number of carbonyl (C=O) groups is 1. The molecule has 156 valence electrons. The molecule has 0 fully saturated rings. The zero-order valence-corrected chi connectivity index (χ0v) is 20.2. The Bertz CT molecular complexity index is 1180. The van der Waals surface area contributed by atoms with Crippen LogP contribution in [0.15, 0.2) is 75.2 Å². The Balaban J connectivity index is 1.67. The molecule has 0 aromatic heterocycles. The van der Waals surface area contributed by atoms with Gasteiger partial charge >= 0.3 is 0 Å². The molecule has 0 radical (unpaired) electrons. The predicted molar refractivity (Wildman–Crippen MR) is 131 cm³/mol. The van der Waals surface area contributed by atoms with E-state index in [4.69, 9.17) is 4.74 Å². The van der Waals surface area contributed by atoms with Gasteiger partial charge in [-0.1, -0.05) is 67.8 Å². The number of anilines is 1. The van der Waals surface area contributed by atoms with Crippen LogP contribution in [0.25, 0.3) is 6.08 Å². The molecule has 3 aromatic rings. The summed E-state index contributed by atoms with van der Waals surface area (Å²) in [6, 6.07) is 20.9. The lowest BCUT2D eigenvalue weighted by Gasteiger charge is -2.09. The van der Waals surface area contributed by atoms with Gasteiger partial charge in [0.05, 0.1) is 0 Å². The van der Waals surface area contributed by atoms with Crippen LogP contribution in [-0.4, -0.2) is 5.91 Å². The number of benzene rings is 3. The van der Waals surface area contributed by atoms with E-state index in [1.165, 1.54) is 0 Å². The number of amides is 1. The molecule has 0 aliphatic heterocycles. The first kappa shape index (κ1) is 22.8. The third kappa shape index (κ3) is 6.30. The third-order valence-electron chi connectivity index (χ3n) is 4.60. The lowest BCUT2D eigenvalue weighted by molar-refractivity contribution is -0.112. The van der Waals surface area contributed by atoms with E-state index in [1.807, 2.05) is 80.6 Å². The molecule has 0 aliphatic carbocycles. The topological polar surface area (TPSA) is 62.1 Å². The molecule has 0 spiro atoms. The maximum Gasteiger partial charge on any atom is 0.266 e. The van der Waals surface area contributed by atoms with Gasteiger partial charge in [-0.2, -0.15) is 5.26 Å². The average molecular weight is 540 g/mol. The largest absolute Gasteiger partial charge is 0.489 e. The zero-order valence-electron chi connectivity index (χ0n) is 17.1. The number of aryl methyl sites for hydroxylation is 2. The Morgan fingerprint density at radius 2 is 1.81 bits per heavy atom. The van der Waals surface area contributed by atoms with E-state index in [0.717, 1.165) is 31.2 Å². The predicted octanol–water partition coefficient (Wildman–Crippen LogP) is 6.95. The highest BCUT2D eigenvalue weighted by Crippen LogP contribution is 2.24. The summed E-state index contributed by atoms with van der Waals surface area (Å²) in [5.74, 6) is 0.264. The van der Waals surface area contributed by atoms with Crippen LogP contribution in [-0.2, 0) is 11.4 Å². The number of carbonyl (C=O) groups excluding carboxylic acids is 1. The van der Waals surface area contributed by atoms with Gasteiger partial charge in [-0.25, -0.2) is 0 Å². The lowest BCUT2D eigenvalue weighted by Crippen LogP contribution is -2.14. The molecule has 3 rings (SSSR count). The summed E-state index contributed by atoms with van der Waals surface area (Å²) in [4.78, 5) is 12.5. The van der Waals surface area contributed by atoms with Crippen LogP contribution in [0, 0.1) is 25.2 Å². The van der Waals surface area contributed by atoms with Gasteiger partial charge in [-0.05, 0) is 61.4 Å². The highest BCUT2D eigenvalue weighted by atomic mass is 79.9. The SMILES string of the molecule is Cc1ccc(NC(=O)/C(C#N)=C\c2ccc(OCc3ccc(Br)cc3Br)cc2)c(C)c1. The number of hydrogen-bond acceptors (Lipinski definition) is 3. The Morgan fingerprint density at radius 3 is 2.45 bits per heavy atom. The van der Waals surface area contributed by atoms with Gasteiger partial charge in [0.25, 0.3) is 5.91 Å². The van der Waals surface area contributed by atoms with E-state index < -0.39 is 5.91 Å². The summed E-state index contributed by atoms with van der Waals surface area (Å²) in [5, 5.41) is 12.3. The number of nitriles is 1. The quantitative estimate of drug-likeness (QED) is 0.272. The molecule has 0 saturated carbocycles. The number of nitrogens with one attached hydrogen (secondary N) is 1. The fourth-order valence-corrected chi connectivity index (χ4v) is 4.08. The highest BCUT2D eigenvalue weighted by Gasteiger charge is 2.11. The third-order valence-corrected chi connectivity index (χ3v) is 5.83. The molecule has 4 nitrogen and oxygen atoms in total. The fraction of sp³-hybridized carbons (Fsp3) is 0.120. The average Bonchev–Trinajstić information content (AvgIpc) is 2.74. The Kier molecular flexibility index (Phi) is 7.67. The van der Waals surface area contributed by atoms with Gasteiger partial charge < -0.3 is 10.1 Å². The van der Waals surface area contributed by atoms with Crippen molar-refractivity contribution in [1.82, 2.24) is 0 Å². The monoisotopic (exact) mass is 538 g/mol. The maximum atomic E-state index is 12.5. The van der Waals surface area contributed by atoms with Gasteiger partial charge in [0.1, 0.15) is 24.0 Å². The molecule has 6 heteroatoms. The minimum absolute atomic E-state index is 0.0347. The van der Waals surface area contributed by atoms with Crippen molar-refractivity contribution >= 4 is 49.5 Å². The van der Waals surface area contributed by atoms with Crippen LogP contribution in [0.2, 0.25) is 0 Å². The number of rotatable bonds is 6. The summed E-state index contributed by atoms with van der Waals surface area (Å²) >= 11 is 6.96. The van der Waals surface area contributed by atoms with Crippen molar-refractivity contribution < 1.29 is 9.53 Å². The minimum atomic E-state index is -0.435. The summed E-state index contributed by atoms with van der Waals surface area (Å²) in [5.41, 5.74) is 4.56. The second kappa shape index (κ2) is 10.4. The summed E-state index contributed by atoms with van der Waals surface area (Å²) in [7, 11) is 0. The van der Waals surface area contributed by atoms with Crippen molar-refractivity contribution in [2.75, 3.05) is 5.32 Å². The van der Waals surface area contributed by atoms with Crippen LogP contribution < -0.4 is 10.1 Å². The highest BCUT2D eigenvalue weighted by molar-refractivity contribution is 9.11.